The van der Waals surface area contributed by atoms with Crippen molar-refractivity contribution < 1.29 is 38.2 Å². The third kappa shape index (κ3) is 14.0. The predicted molar refractivity (Wildman–Crippen MR) is 35.4 cm³/mol. The van der Waals surface area contributed by atoms with Gasteiger partial charge in [0.2, 0.25) is 5.91 Å². The van der Waals surface area contributed by atoms with Gasteiger partial charge in [-0.1, -0.05) is 0 Å². The molecule has 13 heavy (non-hydrogen) atoms. The molecule has 8 heteroatoms. The fraction of sp³-hybridized carbons (Fsp3) is 0.600. The number of carbonyl (C=O) groups is 2. The van der Waals surface area contributed by atoms with E-state index in [1.807, 2.05) is 0 Å². The SMILES string of the molecule is NC(=O)CC[C@H](N)C(=O)O.[O]=[V]=[O]. The first-order chi connectivity index (χ1) is 5.95. The molecule has 0 rings (SSSR count). The summed E-state index contributed by atoms with van der Waals surface area (Å²) in [4.78, 5) is 20.1. The Kier molecular flexibility index (Phi) is 10.3. The zero-order valence-corrected chi connectivity index (χ0v) is 8.07. The van der Waals surface area contributed by atoms with Crippen molar-refractivity contribution in [2.45, 2.75) is 18.9 Å². The van der Waals surface area contributed by atoms with Gasteiger partial charge in [-0.3, -0.25) is 9.59 Å². The molecule has 0 heterocycles. The molecule has 7 nitrogen and oxygen atoms in total. The number of aliphatic carboxylic acids is 1. The van der Waals surface area contributed by atoms with Gasteiger partial charge in [-0.25, -0.2) is 0 Å². The van der Waals surface area contributed by atoms with Gasteiger partial charge in [-0.15, -0.1) is 0 Å². The van der Waals surface area contributed by atoms with Gasteiger partial charge in [0.1, 0.15) is 6.04 Å². The molecular weight excluding hydrogens is 219 g/mol. The van der Waals surface area contributed by atoms with E-state index in [1.165, 1.54) is 0 Å². The molecule has 0 aromatic carbocycles. The zero-order chi connectivity index (χ0) is 10.9. The van der Waals surface area contributed by atoms with E-state index in [0.29, 0.717) is 0 Å². The Hall–Kier alpha value is -0.916. The number of carboxylic acid groups (broad SMARTS) is 1. The Labute approximate surface area is 81.0 Å². The van der Waals surface area contributed by atoms with Gasteiger partial charge in [0.25, 0.3) is 0 Å². The second-order valence-corrected chi connectivity index (χ2v) is 2.26. The topological polar surface area (TPSA) is 141 Å². The van der Waals surface area contributed by atoms with E-state index < -0.39 is 34.1 Å². The molecular formula is C5H10N2O5V. The molecule has 0 aliphatic rings. The molecule has 0 unspecified atom stereocenters. The number of carbonyl (C=O) groups excluding carboxylic acids is 1. The molecule has 0 aliphatic carbocycles. The number of hydrogen-bond donors (Lipinski definition) is 3. The average Bonchev–Trinajstić information content (AvgIpc) is 2.01. The standard InChI is InChI=1S/C5H10N2O3.2O.V/c6-3(5(9)10)1-2-4(7)8;;;/h3H,1-2,6H2,(H2,7,8)(H,9,10);;;/t3-;;;/m0.../s1. The van der Waals surface area contributed by atoms with Crippen LogP contribution in [0.25, 0.3) is 0 Å². The van der Waals surface area contributed by atoms with E-state index in [0.717, 1.165) is 0 Å². The Morgan fingerprint density at radius 1 is 1.38 bits per heavy atom. The summed E-state index contributed by atoms with van der Waals surface area (Å²) in [6.07, 6.45) is 0.123. The monoisotopic (exact) mass is 229 g/mol. The molecule has 5 N–H and O–H groups in total. The van der Waals surface area contributed by atoms with Crippen molar-refractivity contribution in [2.75, 3.05) is 0 Å². The maximum atomic E-state index is 10.1. The molecule has 0 saturated heterocycles. The second-order valence-electron chi connectivity index (χ2n) is 2.02. The zero-order valence-electron chi connectivity index (χ0n) is 6.67. The summed E-state index contributed by atoms with van der Waals surface area (Å²) in [5, 5.41) is 8.22. The summed E-state index contributed by atoms with van der Waals surface area (Å²) in [7, 11) is 0. The molecule has 0 bridgehead atoms. The summed E-state index contributed by atoms with van der Waals surface area (Å²) < 4.78 is 16.9. The number of amides is 1. The van der Waals surface area contributed by atoms with Gasteiger partial charge in [0.15, 0.2) is 0 Å². The van der Waals surface area contributed by atoms with Crippen molar-refractivity contribution in [3.63, 3.8) is 0 Å². The first kappa shape index (κ1) is 14.6. The van der Waals surface area contributed by atoms with Crippen LogP contribution in [-0.4, -0.2) is 23.0 Å². The van der Waals surface area contributed by atoms with Crippen LogP contribution in [0.1, 0.15) is 12.8 Å². The predicted octanol–water partition coefficient (Wildman–Crippen LogP) is -1.58. The molecule has 0 fully saturated rings. The Balaban J connectivity index is 0. The molecule has 0 aromatic rings. The van der Waals surface area contributed by atoms with Crippen molar-refractivity contribution in [3.8, 4) is 0 Å². The van der Waals surface area contributed by atoms with E-state index in [4.69, 9.17) is 23.9 Å². The minimum absolute atomic E-state index is 0.0213. The maximum absolute atomic E-state index is 10.1. The first-order valence-corrected chi connectivity index (χ1v) is 4.31. The fourth-order valence-electron chi connectivity index (χ4n) is 0.421. The normalized spacial score (nSPS) is 10.2. The van der Waals surface area contributed by atoms with Gasteiger partial charge in [-0.05, 0) is 6.42 Å². The molecule has 0 aromatic heterocycles. The molecule has 0 radical (unpaired) electrons. The number of rotatable bonds is 4. The van der Waals surface area contributed by atoms with Crippen molar-refractivity contribution in [2.24, 2.45) is 11.5 Å². The molecule has 0 aliphatic heterocycles. The van der Waals surface area contributed by atoms with E-state index in [9.17, 15) is 9.59 Å². The third-order valence-electron chi connectivity index (χ3n) is 1.02. The molecule has 0 saturated carbocycles. The van der Waals surface area contributed by atoms with Gasteiger partial charge in [0, 0.05) is 6.42 Å². The summed E-state index contributed by atoms with van der Waals surface area (Å²) >= 11 is -1.81. The number of nitrogens with two attached hydrogens (primary N) is 2. The Bertz CT molecular complexity index is 213. The van der Waals surface area contributed by atoms with Gasteiger partial charge in [-0.2, -0.15) is 0 Å². The van der Waals surface area contributed by atoms with Crippen LogP contribution in [0, 0.1) is 0 Å². The number of carboxylic acids is 1. The average molecular weight is 229 g/mol. The van der Waals surface area contributed by atoms with Gasteiger partial charge in [0.05, 0.1) is 0 Å². The number of hydrogen-bond acceptors (Lipinski definition) is 5. The summed E-state index contributed by atoms with van der Waals surface area (Å²) in [6.45, 7) is 0. The van der Waals surface area contributed by atoms with Crippen LogP contribution in [-0.2, 0) is 33.1 Å². The van der Waals surface area contributed by atoms with Crippen molar-refractivity contribution in [1.29, 1.82) is 0 Å². The van der Waals surface area contributed by atoms with Crippen molar-refractivity contribution in [1.82, 2.24) is 0 Å². The second kappa shape index (κ2) is 9.17. The summed E-state index contributed by atoms with van der Waals surface area (Å²) in [5.74, 6) is -1.64. The van der Waals surface area contributed by atoms with Crippen LogP contribution in [0.5, 0.6) is 0 Å². The van der Waals surface area contributed by atoms with Gasteiger partial charge >= 0.3 is 29.5 Å². The van der Waals surface area contributed by atoms with Crippen LogP contribution in [0.15, 0.2) is 0 Å². The minimum atomic E-state index is -1.81. The van der Waals surface area contributed by atoms with E-state index in [-0.39, 0.29) is 12.8 Å². The first-order valence-electron chi connectivity index (χ1n) is 3.17. The van der Waals surface area contributed by atoms with Crippen molar-refractivity contribution >= 4 is 11.9 Å². The molecule has 0 spiro atoms. The molecule has 1 amide bonds. The Morgan fingerprint density at radius 3 is 2.00 bits per heavy atom. The quantitative estimate of drug-likeness (QED) is 0.531. The van der Waals surface area contributed by atoms with E-state index >= 15 is 0 Å². The van der Waals surface area contributed by atoms with E-state index in [2.05, 4.69) is 0 Å². The fourth-order valence-corrected chi connectivity index (χ4v) is 0.421. The van der Waals surface area contributed by atoms with Crippen molar-refractivity contribution in [3.05, 3.63) is 0 Å². The summed E-state index contributed by atoms with van der Waals surface area (Å²) in [6, 6.07) is -0.979. The third-order valence-corrected chi connectivity index (χ3v) is 1.02. The summed E-state index contributed by atoms with van der Waals surface area (Å²) in [5.41, 5.74) is 9.81. The van der Waals surface area contributed by atoms with E-state index in [1.54, 1.807) is 0 Å². The number of primary amides is 1. The van der Waals surface area contributed by atoms with Crippen LogP contribution in [0.4, 0.5) is 0 Å². The van der Waals surface area contributed by atoms with Crippen LogP contribution >= 0.6 is 0 Å². The Morgan fingerprint density at radius 2 is 1.77 bits per heavy atom. The van der Waals surface area contributed by atoms with Gasteiger partial charge < -0.3 is 16.6 Å². The van der Waals surface area contributed by atoms with Crippen LogP contribution in [0.3, 0.4) is 0 Å². The van der Waals surface area contributed by atoms with Crippen LogP contribution < -0.4 is 11.5 Å². The molecule has 1 atom stereocenters. The molecule has 75 valence electrons. The van der Waals surface area contributed by atoms with Crippen LogP contribution in [0.2, 0.25) is 0 Å².